The molecule has 1 unspecified atom stereocenters. The number of nitrogens with zero attached hydrogens (tertiary/aromatic N) is 2. The molecule has 0 radical (unpaired) electrons. The second-order valence-electron chi connectivity index (χ2n) is 10.9. The molecule has 1 fully saturated rings. The highest BCUT2D eigenvalue weighted by Gasteiger charge is 2.15. The molecule has 6 heteroatoms. The molecule has 0 bridgehead atoms. The van der Waals surface area contributed by atoms with Gasteiger partial charge >= 0.3 is 5.97 Å². The first-order valence-electron chi connectivity index (χ1n) is 15.6. The van der Waals surface area contributed by atoms with Crippen LogP contribution >= 0.6 is 0 Å². The van der Waals surface area contributed by atoms with Crippen molar-refractivity contribution < 1.29 is 14.3 Å². The molecule has 1 atom stereocenters. The minimum absolute atomic E-state index is 0.0793. The van der Waals surface area contributed by atoms with Crippen LogP contribution in [0, 0.1) is 0 Å². The number of ether oxygens (including phenoxy) is 1. The van der Waals surface area contributed by atoms with Crippen molar-refractivity contribution in [2.45, 2.75) is 129 Å². The summed E-state index contributed by atoms with van der Waals surface area (Å²) in [5, 5.41) is 3.05. The Morgan fingerprint density at radius 1 is 0.784 bits per heavy atom. The van der Waals surface area contributed by atoms with E-state index in [0.717, 1.165) is 58.4 Å². The molecule has 0 aromatic heterocycles. The van der Waals surface area contributed by atoms with Crippen LogP contribution in [0.25, 0.3) is 0 Å². The Hall–Kier alpha value is -1.40. The van der Waals surface area contributed by atoms with E-state index in [2.05, 4.69) is 41.2 Å². The third kappa shape index (κ3) is 20.3. The summed E-state index contributed by atoms with van der Waals surface area (Å²) >= 11 is 0. The number of amides is 1. The van der Waals surface area contributed by atoms with E-state index in [-0.39, 0.29) is 24.5 Å². The van der Waals surface area contributed by atoms with Gasteiger partial charge in [-0.1, -0.05) is 77.4 Å². The zero-order valence-electron chi connectivity index (χ0n) is 24.6. The summed E-state index contributed by atoms with van der Waals surface area (Å²) in [5.74, 6) is -0.0744. The number of carbonyl (C=O) groups is 2. The number of nitrogens with one attached hydrogen (secondary N) is 1. The molecule has 1 N–H and O–H groups in total. The lowest BCUT2D eigenvalue weighted by Gasteiger charge is -2.32. The van der Waals surface area contributed by atoms with Gasteiger partial charge in [-0.3, -0.25) is 9.59 Å². The van der Waals surface area contributed by atoms with Crippen molar-refractivity contribution in [2.24, 2.45) is 0 Å². The first kappa shape index (κ1) is 33.6. The van der Waals surface area contributed by atoms with Crippen LogP contribution < -0.4 is 5.32 Å². The van der Waals surface area contributed by atoms with E-state index in [1.165, 1.54) is 70.6 Å². The first-order chi connectivity index (χ1) is 18.0. The maximum atomic E-state index is 12.3. The highest BCUT2D eigenvalue weighted by atomic mass is 16.5. The Labute approximate surface area is 228 Å². The number of hydrogen-bond donors (Lipinski definition) is 1. The molecular weight excluding hydrogens is 462 g/mol. The van der Waals surface area contributed by atoms with Crippen LogP contribution in [0.4, 0.5) is 0 Å². The summed E-state index contributed by atoms with van der Waals surface area (Å²) in [5.41, 5.74) is 0. The molecule has 0 aliphatic carbocycles. The Bertz CT molecular complexity index is 588. The van der Waals surface area contributed by atoms with Gasteiger partial charge in [0.15, 0.2) is 0 Å². The molecule has 0 aromatic carbocycles. The minimum Gasteiger partial charge on any atom is -0.463 e. The summed E-state index contributed by atoms with van der Waals surface area (Å²) in [6, 6.07) is -0.0859. The molecule has 0 saturated carbocycles. The monoisotopic (exact) mass is 521 g/mol. The van der Waals surface area contributed by atoms with E-state index in [0.29, 0.717) is 12.8 Å². The van der Waals surface area contributed by atoms with Gasteiger partial charge in [-0.15, -0.1) is 0 Å². The van der Waals surface area contributed by atoms with E-state index in [9.17, 15) is 9.59 Å². The number of allylic oxidation sites excluding steroid dienone is 2. The van der Waals surface area contributed by atoms with Crippen LogP contribution in [0.5, 0.6) is 0 Å². The molecule has 1 amide bonds. The number of likely N-dealkylation sites (N-methyl/N-ethyl adjacent to an activating group) is 1. The Kier molecular flexibility index (Phi) is 21.5. The number of rotatable bonds is 23. The summed E-state index contributed by atoms with van der Waals surface area (Å²) in [4.78, 5) is 29.1. The highest BCUT2D eigenvalue weighted by molar-refractivity contribution is 5.76. The molecule has 1 aliphatic rings. The minimum atomic E-state index is -0.154. The highest BCUT2D eigenvalue weighted by Crippen LogP contribution is 2.10. The van der Waals surface area contributed by atoms with Crippen molar-refractivity contribution in [1.82, 2.24) is 15.1 Å². The number of piperazine rings is 1. The fourth-order valence-electron chi connectivity index (χ4n) is 4.70. The van der Waals surface area contributed by atoms with Gasteiger partial charge in [0.2, 0.25) is 5.91 Å². The van der Waals surface area contributed by atoms with Crippen LogP contribution in [0.2, 0.25) is 0 Å². The van der Waals surface area contributed by atoms with E-state index in [1.54, 1.807) is 0 Å². The largest absolute Gasteiger partial charge is 0.463 e. The maximum absolute atomic E-state index is 12.3. The molecule has 216 valence electrons. The first-order valence-corrected chi connectivity index (χ1v) is 15.6. The van der Waals surface area contributed by atoms with Crippen molar-refractivity contribution in [3.8, 4) is 0 Å². The standard InChI is InChI=1S/C31H59N3O3/c1-4-6-7-8-9-10-11-12-13-14-15-16-17-18-19-21-30(35)32-29(5-2)28-37-31(36)22-20-23-34-26-24-33(3)25-27-34/h12-13,29H,4-11,14-28H2,1-3H3,(H,32,35)/b13-12-. The second-order valence-corrected chi connectivity index (χ2v) is 10.9. The summed E-state index contributed by atoms with van der Waals surface area (Å²) in [6.07, 6.45) is 23.7. The van der Waals surface area contributed by atoms with Crippen molar-refractivity contribution in [2.75, 3.05) is 46.4 Å². The fourth-order valence-corrected chi connectivity index (χ4v) is 4.70. The molecule has 6 nitrogen and oxygen atoms in total. The van der Waals surface area contributed by atoms with Gasteiger partial charge in [0.1, 0.15) is 6.61 Å². The SMILES string of the molecule is CCCCCCCC/C=C\CCCCCCCC(=O)NC(CC)COC(=O)CCCN1CCN(C)CC1. The quantitative estimate of drug-likeness (QED) is 0.0946. The van der Waals surface area contributed by atoms with Gasteiger partial charge < -0.3 is 19.9 Å². The number of esters is 1. The third-order valence-electron chi connectivity index (χ3n) is 7.42. The van der Waals surface area contributed by atoms with Crippen molar-refractivity contribution in [3.05, 3.63) is 12.2 Å². The van der Waals surface area contributed by atoms with Crippen molar-refractivity contribution in [1.29, 1.82) is 0 Å². The van der Waals surface area contributed by atoms with Gasteiger partial charge in [0.05, 0.1) is 6.04 Å². The fraction of sp³-hybridized carbons (Fsp3) is 0.871. The topological polar surface area (TPSA) is 61.9 Å². The summed E-state index contributed by atoms with van der Waals surface area (Å²) < 4.78 is 5.45. The van der Waals surface area contributed by atoms with Crippen LogP contribution in [0.3, 0.4) is 0 Å². The molecule has 0 aromatic rings. The molecule has 1 saturated heterocycles. The average molecular weight is 522 g/mol. The van der Waals surface area contributed by atoms with Crippen LogP contribution in [0.1, 0.15) is 123 Å². The number of carbonyl (C=O) groups excluding carboxylic acids is 2. The lowest BCUT2D eigenvalue weighted by atomic mass is 10.1. The maximum Gasteiger partial charge on any atom is 0.305 e. The average Bonchev–Trinajstić information content (AvgIpc) is 2.90. The molecule has 1 rings (SSSR count). The lowest BCUT2D eigenvalue weighted by Crippen LogP contribution is -2.44. The van der Waals surface area contributed by atoms with Gasteiger partial charge in [-0.25, -0.2) is 0 Å². The smallest absolute Gasteiger partial charge is 0.305 e. The van der Waals surface area contributed by atoms with E-state index in [4.69, 9.17) is 4.74 Å². The molecule has 1 heterocycles. The Morgan fingerprint density at radius 2 is 1.38 bits per heavy atom. The van der Waals surface area contributed by atoms with Crippen LogP contribution in [0.15, 0.2) is 12.2 Å². The second kappa shape index (κ2) is 23.7. The summed E-state index contributed by atoms with van der Waals surface area (Å²) in [7, 11) is 2.15. The van der Waals surface area contributed by atoms with Gasteiger partial charge in [-0.2, -0.15) is 0 Å². The number of unbranched alkanes of at least 4 members (excludes halogenated alkanes) is 11. The van der Waals surface area contributed by atoms with Crippen LogP contribution in [-0.2, 0) is 14.3 Å². The van der Waals surface area contributed by atoms with E-state index in [1.807, 2.05) is 6.92 Å². The Morgan fingerprint density at radius 3 is 2.00 bits per heavy atom. The zero-order valence-corrected chi connectivity index (χ0v) is 24.6. The van der Waals surface area contributed by atoms with Crippen molar-refractivity contribution >= 4 is 11.9 Å². The zero-order chi connectivity index (χ0) is 27.0. The van der Waals surface area contributed by atoms with Crippen molar-refractivity contribution in [3.63, 3.8) is 0 Å². The van der Waals surface area contributed by atoms with E-state index >= 15 is 0 Å². The van der Waals surface area contributed by atoms with Gasteiger partial charge in [0.25, 0.3) is 0 Å². The normalized spacial score (nSPS) is 15.8. The Balaban J connectivity index is 1.94. The molecule has 37 heavy (non-hydrogen) atoms. The predicted octanol–water partition coefficient (Wildman–Crippen LogP) is 6.49. The predicted molar refractivity (Wildman–Crippen MR) is 156 cm³/mol. The lowest BCUT2D eigenvalue weighted by molar-refractivity contribution is -0.145. The van der Waals surface area contributed by atoms with Crippen LogP contribution in [-0.4, -0.2) is 74.1 Å². The van der Waals surface area contributed by atoms with E-state index < -0.39 is 0 Å². The summed E-state index contributed by atoms with van der Waals surface area (Å²) in [6.45, 7) is 9.86. The molecule has 1 aliphatic heterocycles. The van der Waals surface area contributed by atoms with Gasteiger partial charge in [0, 0.05) is 39.0 Å². The molecule has 0 spiro atoms. The molecular formula is C31H59N3O3. The number of hydrogen-bond acceptors (Lipinski definition) is 5. The van der Waals surface area contributed by atoms with Gasteiger partial charge in [-0.05, 0) is 58.5 Å². The third-order valence-corrected chi connectivity index (χ3v) is 7.42.